The number of esters is 1. The Labute approximate surface area is 85.9 Å². The smallest absolute Gasteiger partial charge is 0.333 e. The Bertz CT molecular complexity index is 252. The molecule has 0 N–H and O–H groups in total. The van der Waals surface area contributed by atoms with Gasteiger partial charge in [-0.2, -0.15) is 0 Å². The summed E-state index contributed by atoms with van der Waals surface area (Å²) in [7, 11) is 2.19. The van der Waals surface area contributed by atoms with Crippen molar-refractivity contribution in [3.63, 3.8) is 0 Å². The fourth-order valence-corrected chi connectivity index (χ4v) is 1.63. The summed E-state index contributed by atoms with van der Waals surface area (Å²) in [6.45, 7) is 11.5. The van der Waals surface area contributed by atoms with Gasteiger partial charge >= 0.3 is 5.97 Å². The van der Waals surface area contributed by atoms with Gasteiger partial charge in [0.2, 0.25) is 0 Å². The first-order valence-corrected chi connectivity index (χ1v) is 5.06. The van der Waals surface area contributed by atoms with Crippen LogP contribution in [0.25, 0.3) is 0 Å². The van der Waals surface area contributed by atoms with E-state index in [2.05, 4.69) is 27.5 Å². The third-order valence-corrected chi connectivity index (χ3v) is 3.11. The van der Waals surface area contributed by atoms with Gasteiger partial charge in [0.15, 0.2) is 6.10 Å². The number of rotatable bonds is 3. The Kier molecular flexibility index (Phi) is 3.00. The molecule has 0 unspecified atom stereocenters. The van der Waals surface area contributed by atoms with Gasteiger partial charge in [0.25, 0.3) is 0 Å². The molecule has 0 aromatic rings. The van der Waals surface area contributed by atoms with Gasteiger partial charge in [0, 0.05) is 5.57 Å². The monoisotopic (exact) mass is 198 g/mol. The lowest BCUT2D eigenvalue weighted by atomic mass is 10.0. The van der Waals surface area contributed by atoms with Crippen LogP contribution in [0.4, 0.5) is 0 Å². The first kappa shape index (κ1) is 11.2. The van der Waals surface area contributed by atoms with Crippen LogP contribution in [0.2, 0.25) is 0 Å². The average molecular weight is 198 g/mol. The molecule has 3 nitrogen and oxygen atoms in total. The van der Waals surface area contributed by atoms with Crippen LogP contribution in [0, 0.1) is 0 Å². The van der Waals surface area contributed by atoms with E-state index in [9.17, 15) is 4.79 Å². The molecule has 0 aliphatic carbocycles. The first-order chi connectivity index (χ1) is 6.35. The van der Waals surface area contributed by atoms with E-state index in [0.29, 0.717) is 11.6 Å². The lowest BCUT2D eigenvalue weighted by molar-refractivity contribution is -0.973. The number of likely N-dealkylation sites (N-methyl/N-ethyl adjacent to an activating group) is 1. The van der Waals surface area contributed by atoms with Gasteiger partial charge in [-0.25, -0.2) is 4.79 Å². The Hall–Kier alpha value is -0.830. The predicted molar refractivity (Wildman–Crippen MR) is 55.7 cm³/mol. The number of hydrogen-bond donors (Lipinski definition) is 0. The summed E-state index contributed by atoms with van der Waals surface area (Å²) in [5.74, 6) is -0.259. The van der Waals surface area contributed by atoms with Gasteiger partial charge in [0.05, 0.1) is 13.1 Å². The zero-order valence-electron chi connectivity index (χ0n) is 9.54. The molecule has 3 heteroatoms. The molecule has 1 saturated heterocycles. The minimum absolute atomic E-state index is 0.0894. The number of carbonyl (C=O) groups is 1. The molecule has 0 bridgehead atoms. The van der Waals surface area contributed by atoms with E-state index in [4.69, 9.17) is 4.74 Å². The molecule has 0 aromatic heterocycles. The highest BCUT2D eigenvalue weighted by molar-refractivity contribution is 5.87. The summed E-state index contributed by atoms with van der Waals surface area (Å²) in [5, 5.41) is 0. The number of ether oxygens (including phenoxy) is 1. The van der Waals surface area contributed by atoms with Crippen LogP contribution in [0.3, 0.4) is 0 Å². The minimum atomic E-state index is -0.259. The third-order valence-electron chi connectivity index (χ3n) is 3.11. The number of quaternary nitrogens is 1. The summed E-state index contributed by atoms with van der Waals surface area (Å²) >= 11 is 0. The molecule has 0 aromatic carbocycles. The van der Waals surface area contributed by atoms with Crippen LogP contribution in [-0.4, -0.2) is 42.7 Å². The molecule has 80 valence electrons. The largest absolute Gasteiger partial charge is 0.447 e. The van der Waals surface area contributed by atoms with Crippen molar-refractivity contribution in [1.82, 2.24) is 0 Å². The molecule has 0 atom stereocenters. The minimum Gasteiger partial charge on any atom is -0.447 e. The number of hydrogen-bond acceptors (Lipinski definition) is 2. The molecule has 1 aliphatic rings. The van der Waals surface area contributed by atoms with Gasteiger partial charge in [-0.05, 0) is 20.8 Å². The van der Waals surface area contributed by atoms with Crippen LogP contribution >= 0.6 is 0 Å². The van der Waals surface area contributed by atoms with Gasteiger partial charge < -0.3 is 9.22 Å². The topological polar surface area (TPSA) is 26.3 Å². The van der Waals surface area contributed by atoms with E-state index >= 15 is 0 Å². The zero-order chi connectivity index (χ0) is 10.9. The highest BCUT2D eigenvalue weighted by Crippen LogP contribution is 2.24. The van der Waals surface area contributed by atoms with Gasteiger partial charge in [-0.15, -0.1) is 0 Å². The van der Waals surface area contributed by atoms with Crippen molar-refractivity contribution in [1.29, 1.82) is 0 Å². The average Bonchev–Trinajstić information content (AvgIpc) is 2.00. The van der Waals surface area contributed by atoms with E-state index in [1.807, 2.05) is 0 Å². The van der Waals surface area contributed by atoms with Crippen molar-refractivity contribution in [2.45, 2.75) is 32.9 Å². The van der Waals surface area contributed by atoms with E-state index in [-0.39, 0.29) is 12.1 Å². The fourth-order valence-electron chi connectivity index (χ4n) is 1.63. The molecule has 0 radical (unpaired) electrons. The van der Waals surface area contributed by atoms with Crippen LogP contribution < -0.4 is 0 Å². The molecule has 1 aliphatic heterocycles. The van der Waals surface area contributed by atoms with Crippen LogP contribution in [-0.2, 0) is 9.53 Å². The maximum atomic E-state index is 11.2. The van der Waals surface area contributed by atoms with Crippen molar-refractivity contribution in [2.75, 3.05) is 20.1 Å². The number of carbonyl (C=O) groups excluding carboxylic acids is 1. The molecule has 0 amide bonds. The second-order valence-electron chi connectivity index (χ2n) is 4.75. The molecule has 0 spiro atoms. The van der Waals surface area contributed by atoms with Crippen LogP contribution in [0.5, 0.6) is 0 Å². The molecule has 1 rings (SSSR count). The second kappa shape index (κ2) is 3.73. The van der Waals surface area contributed by atoms with E-state index < -0.39 is 0 Å². The molecule has 14 heavy (non-hydrogen) atoms. The van der Waals surface area contributed by atoms with Crippen molar-refractivity contribution in [3.05, 3.63) is 12.2 Å². The highest BCUT2D eigenvalue weighted by atomic mass is 16.5. The van der Waals surface area contributed by atoms with Gasteiger partial charge in [0.1, 0.15) is 13.1 Å². The molecule has 1 fully saturated rings. The summed E-state index contributed by atoms with van der Waals surface area (Å²) in [6, 6.07) is 0.592. The van der Waals surface area contributed by atoms with Crippen molar-refractivity contribution in [3.8, 4) is 0 Å². The summed E-state index contributed by atoms with van der Waals surface area (Å²) in [5.41, 5.74) is 0.482. The predicted octanol–water partition coefficient (Wildman–Crippen LogP) is 1.34. The maximum absolute atomic E-state index is 11.2. The van der Waals surface area contributed by atoms with Gasteiger partial charge in [-0.1, -0.05) is 6.58 Å². The lowest BCUT2D eigenvalue weighted by Gasteiger charge is -2.49. The normalized spacial score (nSPS) is 31.1. The third kappa shape index (κ3) is 2.15. The standard InChI is InChI=1S/C11H20NO2/c1-8(2)11(13)14-10-6-12(5,7-10)9(3)4/h9-10H,1,6-7H2,2-5H3/q+1. The van der Waals surface area contributed by atoms with E-state index in [1.165, 1.54) is 0 Å². The lowest BCUT2D eigenvalue weighted by Crippen LogP contribution is -2.68. The zero-order valence-corrected chi connectivity index (χ0v) is 9.54. The van der Waals surface area contributed by atoms with Gasteiger partial charge in [-0.3, -0.25) is 0 Å². The molecule has 1 heterocycles. The van der Waals surface area contributed by atoms with Crippen molar-refractivity contribution < 1.29 is 14.0 Å². The Morgan fingerprint density at radius 2 is 2.00 bits per heavy atom. The fraction of sp³-hybridized carbons (Fsp3) is 0.727. The molecular weight excluding hydrogens is 178 g/mol. The van der Waals surface area contributed by atoms with Crippen LogP contribution in [0.15, 0.2) is 12.2 Å². The Morgan fingerprint density at radius 3 is 2.36 bits per heavy atom. The second-order valence-corrected chi connectivity index (χ2v) is 4.75. The van der Waals surface area contributed by atoms with E-state index in [0.717, 1.165) is 17.6 Å². The Morgan fingerprint density at radius 1 is 1.50 bits per heavy atom. The molecule has 0 saturated carbocycles. The van der Waals surface area contributed by atoms with E-state index in [1.54, 1.807) is 6.92 Å². The van der Waals surface area contributed by atoms with Crippen LogP contribution in [0.1, 0.15) is 20.8 Å². The number of likely N-dealkylation sites (tertiary alicyclic amines) is 1. The summed E-state index contributed by atoms with van der Waals surface area (Å²) < 4.78 is 6.23. The maximum Gasteiger partial charge on any atom is 0.333 e. The first-order valence-electron chi connectivity index (χ1n) is 5.06. The van der Waals surface area contributed by atoms with Crippen molar-refractivity contribution in [2.24, 2.45) is 0 Å². The van der Waals surface area contributed by atoms with Crippen molar-refractivity contribution >= 4 is 5.97 Å². The molecular formula is C11H20NO2+. The summed E-state index contributed by atoms with van der Waals surface area (Å²) in [6.07, 6.45) is 0.0894. The Balaban J connectivity index is 2.35. The quantitative estimate of drug-likeness (QED) is 0.388. The highest BCUT2D eigenvalue weighted by Gasteiger charge is 2.44. The number of nitrogens with zero attached hydrogens (tertiary/aromatic N) is 1. The summed E-state index contributed by atoms with van der Waals surface area (Å²) in [4.78, 5) is 11.2. The SMILES string of the molecule is C=C(C)C(=O)OC1C[N+](C)(C(C)C)C1.